The second-order valence-electron chi connectivity index (χ2n) is 6.84. The molecular weight excluding hydrogens is 374 g/mol. The second-order valence-corrected chi connectivity index (χ2v) is 6.84. The molecule has 2 aromatic carbocycles. The summed E-state index contributed by atoms with van der Waals surface area (Å²) in [5.41, 5.74) is 0.811. The van der Waals surface area contributed by atoms with Gasteiger partial charge in [-0.2, -0.15) is 0 Å². The van der Waals surface area contributed by atoms with Gasteiger partial charge in [0, 0.05) is 11.8 Å². The zero-order valence-electron chi connectivity index (χ0n) is 17.4. The van der Waals surface area contributed by atoms with Crippen molar-refractivity contribution in [1.82, 2.24) is 0 Å². The van der Waals surface area contributed by atoms with Gasteiger partial charge in [-0.1, -0.05) is 19.9 Å². The van der Waals surface area contributed by atoms with Crippen LogP contribution in [0.25, 0.3) is 0 Å². The highest BCUT2D eigenvalue weighted by Crippen LogP contribution is 2.29. The Bertz CT molecular complexity index is 849. The van der Waals surface area contributed by atoms with Crippen LogP contribution >= 0.6 is 0 Å². The summed E-state index contributed by atoms with van der Waals surface area (Å²) in [6.07, 6.45) is -0.989. The first-order valence-electron chi connectivity index (χ1n) is 9.30. The fraction of sp³-hybridized carbons (Fsp3) is 0.364. The lowest BCUT2D eigenvalue weighted by molar-refractivity contribution is -0.123. The number of rotatable bonds is 9. The summed E-state index contributed by atoms with van der Waals surface area (Å²) >= 11 is 0. The molecule has 1 amide bonds. The van der Waals surface area contributed by atoms with Crippen molar-refractivity contribution in [3.8, 4) is 17.2 Å². The highest BCUT2D eigenvalue weighted by molar-refractivity contribution is 5.97. The van der Waals surface area contributed by atoms with Crippen molar-refractivity contribution in [2.24, 2.45) is 5.92 Å². The number of benzene rings is 2. The summed E-state index contributed by atoms with van der Waals surface area (Å²) in [6.45, 7) is 6.11. The number of ether oxygens (including phenoxy) is 4. The fourth-order valence-electron chi connectivity index (χ4n) is 2.40. The van der Waals surface area contributed by atoms with Gasteiger partial charge in [-0.3, -0.25) is 4.79 Å². The average molecular weight is 401 g/mol. The van der Waals surface area contributed by atoms with Crippen LogP contribution in [0.4, 0.5) is 5.69 Å². The van der Waals surface area contributed by atoms with Crippen LogP contribution in [0.2, 0.25) is 0 Å². The van der Waals surface area contributed by atoms with Gasteiger partial charge in [0.25, 0.3) is 5.91 Å². The maximum absolute atomic E-state index is 12.4. The van der Waals surface area contributed by atoms with Gasteiger partial charge in [0.05, 0.1) is 26.4 Å². The van der Waals surface area contributed by atoms with Crippen molar-refractivity contribution in [1.29, 1.82) is 0 Å². The molecular formula is C22H27NO6. The van der Waals surface area contributed by atoms with Gasteiger partial charge in [0.1, 0.15) is 5.75 Å². The highest BCUT2D eigenvalue weighted by Gasteiger charge is 2.20. The Balaban J connectivity index is 2.01. The number of carbonyl (C=O) groups excluding carboxylic acids is 2. The molecule has 7 nitrogen and oxygen atoms in total. The maximum atomic E-state index is 12.4. The quantitative estimate of drug-likeness (QED) is 0.641. The van der Waals surface area contributed by atoms with E-state index in [9.17, 15) is 9.59 Å². The summed E-state index contributed by atoms with van der Waals surface area (Å²) in [5.74, 6) is 0.852. The summed E-state index contributed by atoms with van der Waals surface area (Å²) < 4.78 is 21.4. The zero-order chi connectivity index (χ0) is 21.4. The standard InChI is InChI=1S/C22H27NO6/c1-14(2)13-28-19-10-9-16(11-20(19)27-5)22(25)29-15(3)21(24)23-17-7-6-8-18(12-17)26-4/h6-12,14-15H,13H2,1-5H3,(H,23,24)/t15-/m0/s1. The minimum absolute atomic E-state index is 0.264. The molecule has 2 aromatic rings. The Morgan fingerprint density at radius 1 is 0.966 bits per heavy atom. The number of hydrogen-bond acceptors (Lipinski definition) is 6. The van der Waals surface area contributed by atoms with Crippen LogP contribution in [0.5, 0.6) is 17.2 Å². The largest absolute Gasteiger partial charge is 0.497 e. The monoisotopic (exact) mass is 401 g/mol. The van der Waals surface area contributed by atoms with Gasteiger partial charge >= 0.3 is 5.97 Å². The Morgan fingerprint density at radius 3 is 2.38 bits per heavy atom. The fourth-order valence-corrected chi connectivity index (χ4v) is 2.40. The predicted molar refractivity (Wildman–Crippen MR) is 110 cm³/mol. The Hall–Kier alpha value is -3.22. The molecule has 2 rings (SSSR count). The lowest BCUT2D eigenvalue weighted by Crippen LogP contribution is -2.30. The van der Waals surface area contributed by atoms with Crippen LogP contribution in [0, 0.1) is 5.92 Å². The lowest BCUT2D eigenvalue weighted by Gasteiger charge is -2.16. The average Bonchev–Trinajstić information content (AvgIpc) is 2.71. The molecule has 0 heterocycles. The summed E-state index contributed by atoms with van der Waals surface area (Å²) in [6, 6.07) is 11.7. The van der Waals surface area contributed by atoms with E-state index >= 15 is 0 Å². The van der Waals surface area contributed by atoms with E-state index in [0.717, 1.165) is 0 Å². The molecule has 0 radical (unpaired) electrons. The first-order chi connectivity index (χ1) is 13.8. The third-order valence-electron chi connectivity index (χ3n) is 3.96. The van der Waals surface area contributed by atoms with E-state index in [4.69, 9.17) is 18.9 Å². The molecule has 0 aliphatic carbocycles. The molecule has 7 heteroatoms. The van der Waals surface area contributed by atoms with Crippen molar-refractivity contribution in [3.05, 3.63) is 48.0 Å². The maximum Gasteiger partial charge on any atom is 0.339 e. The number of nitrogens with one attached hydrogen (secondary N) is 1. The first kappa shape index (κ1) is 22.1. The highest BCUT2D eigenvalue weighted by atomic mass is 16.5. The third-order valence-corrected chi connectivity index (χ3v) is 3.96. The predicted octanol–water partition coefficient (Wildman–Crippen LogP) is 3.92. The number of amides is 1. The normalized spacial score (nSPS) is 11.5. The van der Waals surface area contributed by atoms with Crippen LogP contribution < -0.4 is 19.5 Å². The van der Waals surface area contributed by atoms with Crippen LogP contribution in [0.15, 0.2) is 42.5 Å². The van der Waals surface area contributed by atoms with E-state index in [1.54, 1.807) is 43.5 Å². The van der Waals surface area contributed by atoms with Crippen molar-refractivity contribution < 1.29 is 28.5 Å². The number of carbonyl (C=O) groups is 2. The Labute approximate surface area is 170 Å². The molecule has 0 aliphatic heterocycles. The number of anilines is 1. The molecule has 0 aliphatic rings. The SMILES string of the molecule is COc1cccc(NC(=O)[C@H](C)OC(=O)c2ccc(OCC(C)C)c(OC)c2)c1. The molecule has 0 unspecified atom stereocenters. The molecule has 0 saturated heterocycles. The van der Waals surface area contributed by atoms with Crippen LogP contribution in [-0.4, -0.2) is 38.8 Å². The molecule has 0 bridgehead atoms. The van der Waals surface area contributed by atoms with Crippen LogP contribution in [0.1, 0.15) is 31.1 Å². The van der Waals surface area contributed by atoms with Gasteiger partial charge in [-0.05, 0) is 43.2 Å². The third kappa shape index (κ3) is 6.41. The second kappa shape index (κ2) is 10.4. The molecule has 29 heavy (non-hydrogen) atoms. The van der Waals surface area contributed by atoms with Gasteiger partial charge in [0.2, 0.25) is 0 Å². The van der Waals surface area contributed by atoms with E-state index in [-0.39, 0.29) is 5.56 Å². The minimum Gasteiger partial charge on any atom is -0.497 e. The molecule has 1 N–H and O–H groups in total. The Morgan fingerprint density at radius 2 is 1.72 bits per heavy atom. The lowest BCUT2D eigenvalue weighted by atomic mass is 10.2. The van der Waals surface area contributed by atoms with Crippen molar-refractivity contribution in [2.75, 3.05) is 26.1 Å². The van der Waals surface area contributed by atoms with E-state index in [2.05, 4.69) is 5.32 Å². The summed E-state index contributed by atoms with van der Waals surface area (Å²) in [4.78, 5) is 24.8. The molecule has 0 aromatic heterocycles. The molecule has 0 fully saturated rings. The van der Waals surface area contributed by atoms with Crippen molar-refractivity contribution in [2.45, 2.75) is 26.9 Å². The molecule has 156 valence electrons. The van der Waals surface area contributed by atoms with E-state index in [1.165, 1.54) is 20.1 Å². The molecule has 0 spiro atoms. The van der Waals surface area contributed by atoms with E-state index in [0.29, 0.717) is 35.5 Å². The van der Waals surface area contributed by atoms with Gasteiger partial charge in [-0.25, -0.2) is 4.79 Å². The minimum atomic E-state index is -0.989. The molecule has 0 saturated carbocycles. The Kier molecular flexibility index (Phi) is 7.88. The number of esters is 1. The number of hydrogen-bond donors (Lipinski definition) is 1. The van der Waals surface area contributed by atoms with Crippen molar-refractivity contribution >= 4 is 17.6 Å². The van der Waals surface area contributed by atoms with E-state index < -0.39 is 18.0 Å². The van der Waals surface area contributed by atoms with Crippen LogP contribution in [-0.2, 0) is 9.53 Å². The zero-order valence-corrected chi connectivity index (χ0v) is 17.4. The topological polar surface area (TPSA) is 83.1 Å². The van der Waals surface area contributed by atoms with Gasteiger partial charge < -0.3 is 24.3 Å². The van der Waals surface area contributed by atoms with Crippen LogP contribution in [0.3, 0.4) is 0 Å². The van der Waals surface area contributed by atoms with E-state index in [1.807, 2.05) is 13.8 Å². The smallest absolute Gasteiger partial charge is 0.339 e. The van der Waals surface area contributed by atoms with Gasteiger partial charge in [0.15, 0.2) is 17.6 Å². The molecule has 1 atom stereocenters. The van der Waals surface area contributed by atoms with Crippen molar-refractivity contribution in [3.63, 3.8) is 0 Å². The number of methoxy groups -OCH3 is 2. The van der Waals surface area contributed by atoms with Gasteiger partial charge in [-0.15, -0.1) is 0 Å². The first-order valence-corrected chi connectivity index (χ1v) is 9.30. The summed E-state index contributed by atoms with van der Waals surface area (Å²) in [5, 5.41) is 2.69. The summed E-state index contributed by atoms with van der Waals surface area (Å²) in [7, 11) is 3.04.